The summed E-state index contributed by atoms with van der Waals surface area (Å²) in [5.74, 6) is 0.456. The van der Waals surface area contributed by atoms with Crippen LogP contribution in [0.5, 0.6) is 0 Å². The van der Waals surface area contributed by atoms with Crippen LogP contribution in [0.3, 0.4) is 0 Å². The van der Waals surface area contributed by atoms with E-state index in [1.807, 2.05) is 54.9 Å². The summed E-state index contributed by atoms with van der Waals surface area (Å²) in [7, 11) is 1.86. The molecule has 172 valence electrons. The first-order chi connectivity index (χ1) is 16.8. The van der Waals surface area contributed by atoms with E-state index < -0.39 is 5.60 Å². The molecule has 2 heterocycles. The second-order valence-corrected chi connectivity index (χ2v) is 9.17. The van der Waals surface area contributed by atoms with Gasteiger partial charge < -0.3 is 9.67 Å². The third-order valence-corrected chi connectivity index (χ3v) is 6.96. The minimum absolute atomic E-state index is 0.245. The van der Waals surface area contributed by atoms with Gasteiger partial charge in [0.15, 0.2) is 11.3 Å². The average Bonchev–Trinajstić information content (AvgIpc) is 3.22. The van der Waals surface area contributed by atoms with Gasteiger partial charge in [0.05, 0.1) is 10.5 Å². The number of fused-ring (bicyclic) bond motifs is 1. The first kappa shape index (κ1) is 23.1. The predicted octanol–water partition coefficient (Wildman–Crippen LogP) is 6.41. The third-order valence-electron chi connectivity index (χ3n) is 6.31. The van der Waals surface area contributed by atoms with Gasteiger partial charge in [-0.2, -0.15) is 5.26 Å². The van der Waals surface area contributed by atoms with Crippen molar-refractivity contribution in [1.82, 2.24) is 14.5 Å². The lowest BCUT2D eigenvalue weighted by Gasteiger charge is -2.29. The number of aryl methyl sites for hydroxylation is 1. The molecule has 0 amide bonds. The number of benzene rings is 3. The number of hydrogen-bond donors (Lipinski definition) is 1. The highest BCUT2D eigenvalue weighted by atomic mass is 35.5. The van der Waals surface area contributed by atoms with E-state index in [1.165, 1.54) is 0 Å². The van der Waals surface area contributed by atoms with Crippen LogP contribution in [-0.2, 0) is 12.6 Å². The second-order valence-electron chi connectivity index (χ2n) is 8.36. The summed E-state index contributed by atoms with van der Waals surface area (Å²) in [6.07, 6.45) is 1.72. The fourth-order valence-corrected chi connectivity index (χ4v) is 4.82. The lowest BCUT2D eigenvalue weighted by atomic mass is 9.84. The fourth-order valence-electron chi connectivity index (χ4n) is 4.35. The maximum absolute atomic E-state index is 12.3. The molecule has 35 heavy (non-hydrogen) atoms. The number of halogens is 2. The van der Waals surface area contributed by atoms with Crippen LogP contribution in [0, 0.1) is 18.3 Å². The Morgan fingerprint density at radius 1 is 0.971 bits per heavy atom. The van der Waals surface area contributed by atoms with Crippen molar-refractivity contribution in [2.45, 2.75) is 12.5 Å². The van der Waals surface area contributed by atoms with Gasteiger partial charge in [-0.1, -0.05) is 71.7 Å². The molecule has 3 aromatic carbocycles. The van der Waals surface area contributed by atoms with Crippen LogP contribution in [0.15, 0.2) is 79.0 Å². The molecule has 1 atom stereocenters. The van der Waals surface area contributed by atoms with Gasteiger partial charge in [0.2, 0.25) is 0 Å². The average molecular weight is 499 g/mol. The lowest BCUT2D eigenvalue weighted by Crippen LogP contribution is -2.32. The van der Waals surface area contributed by atoms with Gasteiger partial charge in [-0.3, -0.25) is 0 Å². The summed E-state index contributed by atoms with van der Waals surface area (Å²) >= 11 is 13.1. The Balaban J connectivity index is 1.81. The summed E-state index contributed by atoms with van der Waals surface area (Å²) in [4.78, 5) is 9.11. The van der Waals surface area contributed by atoms with Crippen molar-refractivity contribution in [3.05, 3.63) is 117 Å². The van der Waals surface area contributed by atoms with Gasteiger partial charge in [0.25, 0.3) is 0 Å². The highest BCUT2D eigenvalue weighted by Crippen LogP contribution is 2.41. The SMILES string of the molecule is Cc1cnc(C(O)(c2ccc(Cl)cc2)c2ccc3nc(C#N)c(-c4ccccc4)c(Cl)c3c2)n1C. The monoisotopic (exact) mass is 498 g/mol. The molecule has 0 saturated heterocycles. The number of aromatic nitrogens is 3. The molecule has 0 bridgehead atoms. The van der Waals surface area contributed by atoms with E-state index in [0.29, 0.717) is 43.5 Å². The summed E-state index contributed by atoms with van der Waals surface area (Å²) in [5.41, 5.74) is 2.64. The van der Waals surface area contributed by atoms with Crippen LogP contribution in [-0.4, -0.2) is 19.6 Å². The number of nitriles is 1. The van der Waals surface area contributed by atoms with Crippen LogP contribution in [0.2, 0.25) is 10.0 Å². The van der Waals surface area contributed by atoms with E-state index >= 15 is 0 Å². The van der Waals surface area contributed by atoms with E-state index in [1.54, 1.807) is 42.6 Å². The summed E-state index contributed by atoms with van der Waals surface area (Å²) in [6.45, 7) is 1.93. The van der Waals surface area contributed by atoms with Gasteiger partial charge in [0.1, 0.15) is 11.9 Å². The fraction of sp³-hybridized carbons (Fsp3) is 0.107. The first-order valence-electron chi connectivity index (χ1n) is 10.9. The number of aliphatic hydroxyl groups is 1. The van der Waals surface area contributed by atoms with E-state index in [2.05, 4.69) is 16.0 Å². The Morgan fingerprint density at radius 2 is 1.66 bits per heavy atom. The number of nitrogens with zero attached hydrogens (tertiary/aromatic N) is 4. The first-order valence-corrected chi connectivity index (χ1v) is 11.7. The Labute approximate surface area is 212 Å². The molecule has 0 saturated carbocycles. The maximum atomic E-state index is 12.3. The molecule has 7 heteroatoms. The molecule has 5 nitrogen and oxygen atoms in total. The van der Waals surface area contributed by atoms with Crippen LogP contribution in [0.25, 0.3) is 22.0 Å². The summed E-state index contributed by atoms with van der Waals surface area (Å²) < 4.78 is 1.85. The minimum atomic E-state index is -1.59. The lowest BCUT2D eigenvalue weighted by molar-refractivity contribution is 0.112. The van der Waals surface area contributed by atoms with Crippen LogP contribution in [0.4, 0.5) is 0 Å². The number of rotatable bonds is 4. The zero-order chi connectivity index (χ0) is 24.7. The normalized spacial score (nSPS) is 12.9. The largest absolute Gasteiger partial charge is 0.373 e. The highest BCUT2D eigenvalue weighted by Gasteiger charge is 2.38. The van der Waals surface area contributed by atoms with Crippen molar-refractivity contribution in [1.29, 1.82) is 5.26 Å². The minimum Gasteiger partial charge on any atom is -0.373 e. The number of imidazole rings is 1. The number of pyridine rings is 1. The van der Waals surface area contributed by atoms with Crippen molar-refractivity contribution in [2.24, 2.45) is 7.05 Å². The van der Waals surface area contributed by atoms with Gasteiger partial charge >= 0.3 is 0 Å². The molecule has 5 aromatic rings. The van der Waals surface area contributed by atoms with Crippen LogP contribution >= 0.6 is 23.2 Å². The molecule has 1 N–H and O–H groups in total. The van der Waals surface area contributed by atoms with Crippen molar-refractivity contribution in [3.63, 3.8) is 0 Å². The van der Waals surface area contributed by atoms with Gasteiger partial charge in [-0.15, -0.1) is 0 Å². The van der Waals surface area contributed by atoms with Gasteiger partial charge in [-0.25, -0.2) is 9.97 Å². The molecular weight excluding hydrogens is 479 g/mol. The van der Waals surface area contributed by atoms with Crippen molar-refractivity contribution >= 4 is 34.1 Å². The zero-order valence-corrected chi connectivity index (χ0v) is 20.5. The van der Waals surface area contributed by atoms with Crippen LogP contribution in [0.1, 0.15) is 28.3 Å². The van der Waals surface area contributed by atoms with E-state index in [0.717, 1.165) is 11.3 Å². The Kier molecular flexibility index (Phi) is 5.82. The summed E-state index contributed by atoms with van der Waals surface area (Å²) in [5, 5.41) is 23.7. The molecule has 2 aromatic heterocycles. The Bertz CT molecular complexity index is 1600. The second kappa shape index (κ2) is 8.83. The molecular formula is C28H20Cl2N4O. The van der Waals surface area contributed by atoms with Crippen molar-refractivity contribution in [3.8, 4) is 17.2 Å². The van der Waals surface area contributed by atoms with Crippen LogP contribution < -0.4 is 0 Å². The Hall–Kier alpha value is -3.69. The molecule has 0 fully saturated rings. The molecule has 0 aliphatic carbocycles. The molecule has 1 unspecified atom stereocenters. The molecule has 0 aliphatic heterocycles. The van der Waals surface area contributed by atoms with E-state index in [-0.39, 0.29) is 5.69 Å². The molecule has 5 rings (SSSR count). The molecule has 0 radical (unpaired) electrons. The molecule has 0 spiro atoms. The topological polar surface area (TPSA) is 74.7 Å². The zero-order valence-electron chi connectivity index (χ0n) is 19.0. The highest BCUT2D eigenvalue weighted by molar-refractivity contribution is 6.38. The third kappa shape index (κ3) is 3.77. The summed E-state index contributed by atoms with van der Waals surface area (Å²) in [6, 6.07) is 24.0. The Morgan fingerprint density at radius 3 is 2.29 bits per heavy atom. The smallest absolute Gasteiger partial charge is 0.173 e. The van der Waals surface area contributed by atoms with Gasteiger partial charge in [0, 0.05) is 34.9 Å². The van der Waals surface area contributed by atoms with E-state index in [4.69, 9.17) is 23.2 Å². The van der Waals surface area contributed by atoms with Crippen molar-refractivity contribution in [2.75, 3.05) is 0 Å². The molecule has 0 aliphatic rings. The maximum Gasteiger partial charge on any atom is 0.173 e. The number of hydrogen-bond acceptors (Lipinski definition) is 4. The van der Waals surface area contributed by atoms with E-state index in [9.17, 15) is 10.4 Å². The standard InChI is InChI=1S/C28H20Cl2N4O/c1-17-16-32-27(34(17)2)28(35,19-8-11-21(29)12-9-19)20-10-13-23-22(14-20)26(30)25(24(15-31)33-23)18-6-4-3-5-7-18/h3-14,16,35H,1-2H3. The quantitative estimate of drug-likeness (QED) is 0.310. The van der Waals surface area contributed by atoms with Gasteiger partial charge in [-0.05, 0) is 47.9 Å². The van der Waals surface area contributed by atoms with Crippen molar-refractivity contribution < 1.29 is 5.11 Å². The predicted molar refractivity (Wildman–Crippen MR) is 138 cm³/mol.